The fourth-order valence-corrected chi connectivity index (χ4v) is 5.43. The second kappa shape index (κ2) is 10.9. The number of halogens is 4. The number of benzene rings is 1. The molecule has 1 unspecified atom stereocenters. The van der Waals surface area contributed by atoms with Crippen molar-refractivity contribution >= 4 is 39.7 Å². The standard InChI is InChI=1S/C25H22ClF3N6O4S/c1-12-32-35-21-16(31-25(35)40-12)8-9-34(20(21)14-5-4-13(10-15(14)27)39-24(28)29)19(36)11-38-18-7-6-17(30-22(18)26)23(37)33(2)3/h4-7,10,20,24H,8-9,11H2,1-3H3. The Hall–Kier alpha value is -3.91. The number of aryl methyl sites for hydroxylation is 1. The SMILES string of the molecule is Cc1nn2c3c(nc2s1)CCN(C(=O)COc1ccc(C(=O)N(C)C)nc1Cl)C3c1ccc(OC(F)F)cc1F. The number of imidazole rings is 1. The molecule has 0 bridgehead atoms. The van der Waals surface area contributed by atoms with Gasteiger partial charge in [0.1, 0.15) is 28.3 Å². The molecule has 4 aromatic rings. The molecule has 4 heterocycles. The minimum atomic E-state index is -3.12. The van der Waals surface area contributed by atoms with Crippen LogP contribution in [-0.2, 0) is 11.2 Å². The number of fused-ring (bicyclic) bond motifs is 3. The van der Waals surface area contributed by atoms with E-state index in [1.54, 1.807) is 25.5 Å². The molecule has 1 aromatic carbocycles. The van der Waals surface area contributed by atoms with Gasteiger partial charge in [-0.15, -0.1) is 0 Å². The summed E-state index contributed by atoms with van der Waals surface area (Å²) in [7, 11) is 3.15. The molecule has 0 spiro atoms. The maximum atomic E-state index is 15.4. The monoisotopic (exact) mass is 594 g/mol. The Bertz CT molecular complexity index is 1610. The lowest BCUT2D eigenvalue weighted by atomic mass is 9.95. The molecule has 15 heteroatoms. The first-order valence-corrected chi connectivity index (χ1v) is 13.1. The third kappa shape index (κ3) is 5.28. The number of carbonyl (C=O) groups is 2. The lowest BCUT2D eigenvalue weighted by Crippen LogP contribution is -2.43. The predicted molar refractivity (Wildman–Crippen MR) is 139 cm³/mol. The van der Waals surface area contributed by atoms with Crippen LogP contribution in [0.15, 0.2) is 30.3 Å². The molecule has 210 valence electrons. The van der Waals surface area contributed by atoms with Crippen molar-refractivity contribution in [1.29, 1.82) is 0 Å². The minimum Gasteiger partial charge on any atom is -0.481 e. The molecule has 5 rings (SSSR count). The molecule has 10 nitrogen and oxygen atoms in total. The van der Waals surface area contributed by atoms with Crippen molar-refractivity contribution in [3.05, 3.63) is 69.0 Å². The van der Waals surface area contributed by atoms with E-state index >= 15 is 4.39 Å². The highest BCUT2D eigenvalue weighted by Gasteiger charge is 2.38. The number of carbonyl (C=O) groups excluding carboxylic acids is 2. The van der Waals surface area contributed by atoms with Crippen LogP contribution in [0.1, 0.15) is 38.5 Å². The molecule has 0 N–H and O–H groups in total. The Kier molecular flexibility index (Phi) is 7.55. The van der Waals surface area contributed by atoms with Crippen molar-refractivity contribution < 1.29 is 32.2 Å². The molecule has 3 aromatic heterocycles. The normalized spacial score (nSPS) is 14.9. The first-order valence-electron chi connectivity index (χ1n) is 11.9. The highest BCUT2D eigenvalue weighted by molar-refractivity contribution is 7.16. The first-order chi connectivity index (χ1) is 19.0. The third-order valence-corrected chi connectivity index (χ3v) is 7.27. The van der Waals surface area contributed by atoms with Gasteiger partial charge in [0.05, 0.1) is 11.4 Å². The number of aromatic nitrogens is 4. The molecular weight excluding hydrogens is 573 g/mol. The van der Waals surface area contributed by atoms with E-state index in [1.165, 1.54) is 45.4 Å². The van der Waals surface area contributed by atoms with Crippen LogP contribution in [0, 0.1) is 12.7 Å². The Morgan fingerprint density at radius 1 is 1.23 bits per heavy atom. The first kappa shape index (κ1) is 27.6. The van der Waals surface area contributed by atoms with Gasteiger partial charge in [0.25, 0.3) is 11.8 Å². The van der Waals surface area contributed by atoms with Gasteiger partial charge in [0, 0.05) is 38.7 Å². The fourth-order valence-electron chi connectivity index (χ4n) is 4.45. The lowest BCUT2D eigenvalue weighted by molar-refractivity contribution is -0.135. The van der Waals surface area contributed by atoms with Crippen molar-refractivity contribution in [3.63, 3.8) is 0 Å². The summed E-state index contributed by atoms with van der Waals surface area (Å²) >= 11 is 7.55. The van der Waals surface area contributed by atoms with Crippen molar-refractivity contribution in [2.24, 2.45) is 0 Å². The largest absolute Gasteiger partial charge is 0.481 e. The van der Waals surface area contributed by atoms with Crippen molar-refractivity contribution in [1.82, 2.24) is 29.4 Å². The van der Waals surface area contributed by atoms with E-state index in [4.69, 9.17) is 16.3 Å². The molecule has 0 aliphatic carbocycles. The minimum absolute atomic E-state index is 0.0506. The summed E-state index contributed by atoms with van der Waals surface area (Å²) in [6.45, 7) is -1.61. The van der Waals surface area contributed by atoms with Gasteiger partial charge in [-0.2, -0.15) is 13.9 Å². The highest BCUT2D eigenvalue weighted by Crippen LogP contribution is 2.38. The summed E-state index contributed by atoms with van der Waals surface area (Å²) in [5.74, 6) is -1.97. The summed E-state index contributed by atoms with van der Waals surface area (Å²) < 4.78 is 52.3. The van der Waals surface area contributed by atoms with Gasteiger partial charge in [-0.25, -0.2) is 18.9 Å². The van der Waals surface area contributed by atoms with Crippen LogP contribution in [0.4, 0.5) is 13.2 Å². The van der Waals surface area contributed by atoms with E-state index in [0.717, 1.165) is 11.1 Å². The number of pyridine rings is 1. The molecule has 0 fully saturated rings. The number of rotatable bonds is 7. The van der Waals surface area contributed by atoms with E-state index in [0.29, 0.717) is 22.8 Å². The molecular formula is C25H22ClF3N6O4S. The van der Waals surface area contributed by atoms with Gasteiger partial charge in [0.2, 0.25) is 4.96 Å². The Morgan fingerprint density at radius 3 is 2.67 bits per heavy atom. The molecule has 0 saturated heterocycles. The van der Waals surface area contributed by atoms with Crippen LogP contribution in [-0.4, -0.2) is 75.1 Å². The molecule has 2 amide bonds. The number of amides is 2. The average molecular weight is 595 g/mol. The van der Waals surface area contributed by atoms with Crippen LogP contribution < -0.4 is 9.47 Å². The zero-order valence-electron chi connectivity index (χ0n) is 21.4. The Labute approximate surface area is 234 Å². The summed E-state index contributed by atoms with van der Waals surface area (Å²) in [5.41, 5.74) is 1.30. The maximum Gasteiger partial charge on any atom is 0.387 e. The highest BCUT2D eigenvalue weighted by atomic mass is 35.5. The van der Waals surface area contributed by atoms with Crippen molar-refractivity contribution in [2.45, 2.75) is 26.0 Å². The van der Waals surface area contributed by atoms with Crippen LogP contribution in [0.25, 0.3) is 4.96 Å². The molecule has 1 atom stereocenters. The van der Waals surface area contributed by atoms with Gasteiger partial charge in [-0.3, -0.25) is 9.59 Å². The number of hydrogen-bond acceptors (Lipinski definition) is 8. The average Bonchev–Trinajstić information content (AvgIpc) is 3.42. The van der Waals surface area contributed by atoms with Gasteiger partial charge < -0.3 is 19.3 Å². The number of nitrogens with zero attached hydrogens (tertiary/aromatic N) is 6. The summed E-state index contributed by atoms with van der Waals surface area (Å²) in [4.78, 5) is 37.7. The number of alkyl halides is 2. The van der Waals surface area contributed by atoms with Gasteiger partial charge in [0.15, 0.2) is 17.5 Å². The van der Waals surface area contributed by atoms with E-state index in [9.17, 15) is 18.4 Å². The maximum absolute atomic E-state index is 15.4. The number of ether oxygens (including phenoxy) is 2. The summed E-state index contributed by atoms with van der Waals surface area (Å²) in [5, 5.41) is 5.10. The van der Waals surface area contributed by atoms with Crippen LogP contribution in [0.5, 0.6) is 11.5 Å². The van der Waals surface area contributed by atoms with Crippen LogP contribution in [0.2, 0.25) is 5.15 Å². The van der Waals surface area contributed by atoms with Gasteiger partial charge in [-0.05, 0) is 31.2 Å². The number of hydrogen-bond donors (Lipinski definition) is 0. The van der Waals surface area contributed by atoms with Crippen molar-refractivity contribution in [2.75, 3.05) is 27.2 Å². The third-order valence-electron chi connectivity index (χ3n) is 6.18. The fraction of sp³-hybridized carbons (Fsp3) is 0.320. The summed E-state index contributed by atoms with van der Waals surface area (Å²) in [6.07, 6.45) is 0.380. The second-order valence-corrected chi connectivity index (χ2v) is 10.6. The van der Waals surface area contributed by atoms with E-state index in [-0.39, 0.29) is 40.4 Å². The van der Waals surface area contributed by atoms with Crippen LogP contribution in [0.3, 0.4) is 0 Å². The Morgan fingerprint density at radius 2 is 2.00 bits per heavy atom. The molecule has 0 radical (unpaired) electrons. The zero-order valence-corrected chi connectivity index (χ0v) is 23.0. The molecule has 0 saturated carbocycles. The van der Waals surface area contributed by atoms with Crippen molar-refractivity contribution in [3.8, 4) is 11.5 Å². The van der Waals surface area contributed by atoms with Crippen LogP contribution >= 0.6 is 22.9 Å². The van der Waals surface area contributed by atoms with Gasteiger partial charge in [-0.1, -0.05) is 22.9 Å². The lowest BCUT2D eigenvalue weighted by Gasteiger charge is -2.35. The molecule has 1 aliphatic heterocycles. The van der Waals surface area contributed by atoms with E-state index in [1.807, 2.05) is 0 Å². The van der Waals surface area contributed by atoms with E-state index in [2.05, 4.69) is 19.8 Å². The van der Waals surface area contributed by atoms with E-state index < -0.39 is 31.0 Å². The smallest absolute Gasteiger partial charge is 0.387 e. The Balaban J connectivity index is 1.46. The summed E-state index contributed by atoms with van der Waals surface area (Å²) in [6, 6.07) is 5.24. The quantitative estimate of drug-likeness (QED) is 0.296. The predicted octanol–water partition coefficient (Wildman–Crippen LogP) is 4.14. The second-order valence-electron chi connectivity index (χ2n) is 9.03. The molecule has 1 aliphatic rings. The van der Waals surface area contributed by atoms with Gasteiger partial charge >= 0.3 is 6.61 Å². The molecule has 40 heavy (non-hydrogen) atoms. The topological polar surface area (TPSA) is 102 Å². The zero-order chi connectivity index (χ0) is 28.7.